The first-order chi connectivity index (χ1) is 6.27. The van der Waals surface area contributed by atoms with Gasteiger partial charge in [0.05, 0.1) is 6.07 Å². The molecule has 80 valence electrons. The first-order valence-corrected chi connectivity index (χ1v) is 5.54. The quantitative estimate of drug-likeness (QED) is 0.660. The fraction of sp³-hybridized carbons (Fsp3) is 0.714. The van der Waals surface area contributed by atoms with Crippen molar-refractivity contribution in [2.24, 2.45) is 0 Å². The number of rotatable bonds is 5. The Kier molecular flexibility index (Phi) is 4.04. The number of hydrogen-bond donors (Lipinski definition) is 2. The lowest BCUT2D eigenvalue weighted by Crippen LogP contribution is -2.52. The number of nitrogens with one attached hydrogen (secondary N) is 1. The van der Waals surface area contributed by atoms with Crippen LogP contribution >= 0.6 is 0 Å². The molecule has 0 aliphatic rings. The first-order valence-electron chi connectivity index (χ1n) is 3.89. The van der Waals surface area contributed by atoms with Crippen molar-refractivity contribution >= 4 is 16.0 Å². The summed E-state index contributed by atoms with van der Waals surface area (Å²) in [6, 6.07) is 1.45. The van der Waals surface area contributed by atoms with E-state index in [4.69, 9.17) is 10.4 Å². The fourth-order valence-corrected chi connectivity index (χ4v) is 1.89. The van der Waals surface area contributed by atoms with Gasteiger partial charge in [-0.2, -0.15) is 9.98 Å². The molecule has 1 unspecified atom stereocenters. The van der Waals surface area contributed by atoms with Crippen molar-refractivity contribution in [1.82, 2.24) is 4.72 Å². The Morgan fingerprint density at radius 1 is 1.64 bits per heavy atom. The van der Waals surface area contributed by atoms with E-state index in [1.165, 1.54) is 13.0 Å². The van der Waals surface area contributed by atoms with Crippen molar-refractivity contribution in [3.63, 3.8) is 0 Å². The van der Waals surface area contributed by atoms with Gasteiger partial charge in [0, 0.05) is 0 Å². The highest BCUT2D eigenvalue weighted by Gasteiger charge is 2.35. The van der Waals surface area contributed by atoms with Gasteiger partial charge in [0.15, 0.2) is 5.75 Å². The topological polar surface area (TPSA) is 107 Å². The van der Waals surface area contributed by atoms with Gasteiger partial charge in [-0.25, -0.2) is 8.42 Å². The lowest BCUT2D eigenvalue weighted by atomic mass is 10.0. The van der Waals surface area contributed by atoms with Crippen LogP contribution in [-0.2, 0) is 14.8 Å². The SMILES string of the molecule is CCC(C)(NS(=O)(=O)CC#N)C(=O)O. The molecule has 0 amide bonds. The van der Waals surface area contributed by atoms with E-state index in [1.54, 1.807) is 6.92 Å². The minimum Gasteiger partial charge on any atom is -0.480 e. The van der Waals surface area contributed by atoms with Crippen molar-refractivity contribution in [3.05, 3.63) is 0 Å². The Bertz CT molecular complexity index is 356. The number of aliphatic carboxylic acids is 1. The van der Waals surface area contributed by atoms with E-state index in [2.05, 4.69) is 0 Å². The van der Waals surface area contributed by atoms with Gasteiger partial charge in [0.2, 0.25) is 10.0 Å². The van der Waals surface area contributed by atoms with Crippen LogP contribution in [0.1, 0.15) is 20.3 Å². The van der Waals surface area contributed by atoms with Crippen LogP contribution in [-0.4, -0.2) is 30.8 Å². The standard InChI is InChI=1S/C7H12N2O4S/c1-3-7(2,6(10)11)9-14(12,13)5-4-8/h9H,3,5H2,1-2H3,(H,10,11). The number of carboxylic acid groups (broad SMARTS) is 1. The van der Waals surface area contributed by atoms with E-state index in [1.807, 2.05) is 4.72 Å². The third-order valence-electron chi connectivity index (χ3n) is 1.81. The first kappa shape index (κ1) is 12.9. The molecule has 0 aromatic heterocycles. The summed E-state index contributed by atoms with van der Waals surface area (Å²) in [5.41, 5.74) is -1.55. The summed E-state index contributed by atoms with van der Waals surface area (Å²) < 4.78 is 24.2. The van der Waals surface area contributed by atoms with Crippen molar-refractivity contribution in [2.75, 3.05) is 5.75 Å². The van der Waals surface area contributed by atoms with E-state index in [0.29, 0.717) is 0 Å². The molecule has 0 aromatic carbocycles. The van der Waals surface area contributed by atoms with E-state index < -0.39 is 27.3 Å². The maximum Gasteiger partial charge on any atom is 0.324 e. The molecule has 0 bridgehead atoms. The Morgan fingerprint density at radius 2 is 2.14 bits per heavy atom. The van der Waals surface area contributed by atoms with Gasteiger partial charge in [-0.1, -0.05) is 6.92 Å². The molecule has 0 fully saturated rings. The van der Waals surface area contributed by atoms with Crippen LogP contribution in [0, 0.1) is 11.3 Å². The highest BCUT2D eigenvalue weighted by molar-refractivity contribution is 7.89. The molecule has 0 heterocycles. The molecule has 1 atom stereocenters. The average Bonchev–Trinajstić information content (AvgIpc) is 2.02. The average molecular weight is 220 g/mol. The third-order valence-corrected chi connectivity index (χ3v) is 3.09. The lowest BCUT2D eigenvalue weighted by molar-refractivity contribution is -0.143. The minimum atomic E-state index is -3.84. The zero-order chi connectivity index (χ0) is 11.4. The van der Waals surface area contributed by atoms with E-state index >= 15 is 0 Å². The molecule has 0 aliphatic carbocycles. The van der Waals surface area contributed by atoms with Gasteiger partial charge < -0.3 is 5.11 Å². The summed E-state index contributed by atoms with van der Waals surface area (Å²) in [5.74, 6) is -2.00. The maximum atomic E-state index is 11.1. The number of sulfonamides is 1. The Hall–Kier alpha value is -1.13. The predicted molar refractivity (Wildman–Crippen MR) is 48.9 cm³/mol. The van der Waals surface area contributed by atoms with Crippen LogP contribution in [0.5, 0.6) is 0 Å². The van der Waals surface area contributed by atoms with Crippen molar-refractivity contribution in [3.8, 4) is 6.07 Å². The molecule has 0 radical (unpaired) electrons. The van der Waals surface area contributed by atoms with Gasteiger partial charge >= 0.3 is 5.97 Å². The van der Waals surface area contributed by atoms with Gasteiger partial charge in [-0.3, -0.25) is 4.79 Å². The minimum absolute atomic E-state index is 0.104. The van der Waals surface area contributed by atoms with Crippen LogP contribution in [0.4, 0.5) is 0 Å². The molecule has 0 aliphatic heterocycles. The van der Waals surface area contributed by atoms with E-state index in [0.717, 1.165) is 0 Å². The van der Waals surface area contributed by atoms with Gasteiger partial charge in [-0.05, 0) is 13.3 Å². The molecule has 6 nitrogen and oxygen atoms in total. The Morgan fingerprint density at radius 3 is 2.43 bits per heavy atom. The molecule has 14 heavy (non-hydrogen) atoms. The summed E-state index contributed by atoms with van der Waals surface area (Å²) >= 11 is 0. The highest BCUT2D eigenvalue weighted by atomic mass is 32.2. The van der Waals surface area contributed by atoms with Crippen LogP contribution in [0.2, 0.25) is 0 Å². The van der Waals surface area contributed by atoms with Gasteiger partial charge in [0.1, 0.15) is 5.54 Å². The second-order valence-corrected chi connectivity index (χ2v) is 4.73. The van der Waals surface area contributed by atoms with Crippen LogP contribution in [0.3, 0.4) is 0 Å². The van der Waals surface area contributed by atoms with Gasteiger partial charge in [0.25, 0.3) is 0 Å². The van der Waals surface area contributed by atoms with E-state index in [9.17, 15) is 13.2 Å². The molecular formula is C7H12N2O4S. The summed E-state index contributed by atoms with van der Waals surface area (Å²) in [4.78, 5) is 10.7. The number of carboxylic acids is 1. The second kappa shape index (κ2) is 4.39. The Labute approximate surface area is 82.6 Å². The third kappa shape index (κ3) is 3.32. The lowest BCUT2D eigenvalue weighted by Gasteiger charge is -2.23. The highest BCUT2D eigenvalue weighted by Crippen LogP contribution is 2.10. The zero-order valence-electron chi connectivity index (χ0n) is 7.94. The van der Waals surface area contributed by atoms with Crippen LogP contribution < -0.4 is 4.72 Å². The molecule has 0 rings (SSSR count). The summed E-state index contributed by atoms with van der Waals surface area (Å²) in [6.45, 7) is 2.80. The number of nitrogens with zero attached hydrogens (tertiary/aromatic N) is 1. The van der Waals surface area contributed by atoms with Crippen molar-refractivity contribution < 1.29 is 18.3 Å². The molecule has 0 aromatic rings. The maximum absolute atomic E-state index is 11.1. The fourth-order valence-electron chi connectivity index (χ4n) is 0.731. The summed E-state index contributed by atoms with van der Waals surface area (Å²) in [5, 5.41) is 16.9. The number of nitriles is 1. The molecule has 0 spiro atoms. The molecule has 0 saturated heterocycles. The zero-order valence-corrected chi connectivity index (χ0v) is 8.76. The normalized spacial score (nSPS) is 15.5. The summed E-state index contributed by atoms with van der Waals surface area (Å²) in [7, 11) is -3.84. The second-order valence-electron chi connectivity index (χ2n) is 3.01. The monoisotopic (exact) mass is 220 g/mol. The molecule has 0 saturated carbocycles. The number of carbonyl (C=O) groups is 1. The van der Waals surface area contributed by atoms with Gasteiger partial charge in [-0.15, -0.1) is 0 Å². The summed E-state index contributed by atoms with van der Waals surface area (Å²) in [6.07, 6.45) is 0.104. The van der Waals surface area contributed by atoms with Crippen LogP contribution in [0.25, 0.3) is 0 Å². The molecule has 7 heteroatoms. The molecular weight excluding hydrogens is 208 g/mol. The van der Waals surface area contributed by atoms with Crippen molar-refractivity contribution in [1.29, 1.82) is 5.26 Å². The van der Waals surface area contributed by atoms with Crippen molar-refractivity contribution in [2.45, 2.75) is 25.8 Å². The van der Waals surface area contributed by atoms with Crippen LogP contribution in [0.15, 0.2) is 0 Å². The van der Waals surface area contributed by atoms with E-state index in [-0.39, 0.29) is 6.42 Å². The predicted octanol–water partition coefficient (Wildman–Crippen LogP) is -0.317. The largest absolute Gasteiger partial charge is 0.480 e. The Balaban J connectivity index is 4.82. The molecule has 2 N–H and O–H groups in total. The smallest absolute Gasteiger partial charge is 0.324 e. The number of hydrogen-bond acceptors (Lipinski definition) is 4.